The molecule has 3 aliphatic rings. The van der Waals surface area contributed by atoms with E-state index in [1.165, 1.54) is 19.1 Å². The first-order valence-electron chi connectivity index (χ1n) is 13.3. The minimum Gasteiger partial charge on any atom is -0.508 e. The Hall–Kier alpha value is -3.05. The molecule has 0 bridgehead atoms. The van der Waals surface area contributed by atoms with Gasteiger partial charge in [0.2, 0.25) is 6.29 Å². The molecule has 3 heterocycles. The molecule has 2 aromatic carbocycles. The van der Waals surface area contributed by atoms with E-state index >= 15 is 0 Å². The van der Waals surface area contributed by atoms with Crippen molar-refractivity contribution in [3.63, 3.8) is 0 Å². The molecule has 0 saturated carbocycles. The van der Waals surface area contributed by atoms with Crippen molar-refractivity contribution in [2.45, 2.75) is 75.1 Å². The predicted molar refractivity (Wildman–Crippen MR) is 139 cm³/mol. The van der Waals surface area contributed by atoms with Gasteiger partial charge in [-0.15, -0.1) is 0 Å². The van der Waals surface area contributed by atoms with Crippen LogP contribution >= 0.6 is 0 Å². The second kappa shape index (κ2) is 11.6. The van der Waals surface area contributed by atoms with E-state index in [0.717, 1.165) is 0 Å². The summed E-state index contributed by atoms with van der Waals surface area (Å²) in [6.45, 7) is 1.39. The standard InChI is InChI=1S/C28H34O14/c1-11-19(32)18-15(31)7-16(13-3-5-14(30)6-4-13)40-24(18)12(2)23(11)42-26-22(35)21(34)20(33)17(41-26)8-38-27-25(36)28(37,9-29)10-39-27/h3-6,16-17,20-22,25-27,29-30,32-37H,7-10H2,1-2H3/t16-,17?,20+,21-,22?,25+,26-,27+,28?/m0/s1. The highest BCUT2D eigenvalue weighted by molar-refractivity contribution is 6.03. The van der Waals surface area contributed by atoms with E-state index in [2.05, 4.69) is 0 Å². The molecular formula is C28H34O14. The first-order chi connectivity index (χ1) is 19.9. The summed E-state index contributed by atoms with van der Waals surface area (Å²) >= 11 is 0. The Labute approximate surface area is 239 Å². The highest BCUT2D eigenvalue weighted by Gasteiger charge is 2.50. The number of aliphatic hydroxyl groups excluding tert-OH is 5. The van der Waals surface area contributed by atoms with Gasteiger partial charge < -0.3 is 64.5 Å². The number of hydrogen-bond donors (Lipinski definition) is 8. The molecule has 0 radical (unpaired) electrons. The van der Waals surface area contributed by atoms with Crippen molar-refractivity contribution in [3.8, 4) is 23.0 Å². The van der Waals surface area contributed by atoms with Crippen molar-refractivity contribution in [2.75, 3.05) is 19.8 Å². The number of ether oxygens (including phenoxy) is 5. The fraction of sp³-hybridized carbons (Fsp3) is 0.536. The maximum absolute atomic E-state index is 13.1. The van der Waals surface area contributed by atoms with E-state index in [1.807, 2.05) is 0 Å². The Bertz CT molecular complexity index is 1310. The van der Waals surface area contributed by atoms with Crippen molar-refractivity contribution in [2.24, 2.45) is 0 Å². The van der Waals surface area contributed by atoms with E-state index in [4.69, 9.17) is 23.7 Å². The molecule has 14 nitrogen and oxygen atoms in total. The Kier molecular flexibility index (Phi) is 8.37. The minimum atomic E-state index is -1.94. The Morgan fingerprint density at radius 2 is 1.67 bits per heavy atom. The van der Waals surface area contributed by atoms with Gasteiger partial charge in [-0.25, -0.2) is 0 Å². The summed E-state index contributed by atoms with van der Waals surface area (Å²) in [5.41, 5.74) is -0.911. The minimum absolute atomic E-state index is 0.000252. The lowest BCUT2D eigenvalue weighted by molar-refractivity contribution is -0.289. The third kappa shape index (κ3) is 5.30. The zero-order valence-corrected chi connectivity index (χ0v) is 22.8. The topological polar surface area (TPSA) is 225 Å². The molecule has 9 atom stereocenters. The van der Waals surface area contributed by atoms with Crippen LogP contribution in [0.1, 0.15) is 39.6 Å². The number of hydrogen-bond acceptors (Lipinski definition) is 14. The lowest BCUT2D eigenvalue weighted by Crippen LogP contribution is -2.60. The average Bonchev–Trinajstić information content (AvgIpc) is 3.26. The molecule has 8 N–H and O–H groups in total. The van der Waals surface area contributed by atoms with Crippen LogP contribution in [0.25, 0.3) is 0 Å². The van der Waals surface area contributed by atoms with E-state index in [1.54, 1.807) is 19.1 Å². The average molecular weight is 595 g/mol. The van der Waals surface area contributed by atoms with Crippen LogP contribution in [0.15, 0.2) is 24.3 Å². The molecule has 2 fully saturated rings. The normalized spacial score (nSPS) is 34.6. The molecule has 0 aliphatic carbocycles. The highest BCUT2D eigenvalue weighted by Crippen LogP contribution is 2.48. The van der Waals surface area contributed by atoms with Crippen molar-refractivity contribution in [1.82, 2.24) is 0 Å². The fourth-order valence-electron chi connectivity index (χ4n) is 5.28. The number of phenols is 2. The van der Waals surface area contributed by atoms with Crippen LogP contribution in [0.4, 0.5) is 0 Å². The van der Waals surface area contributed by atoms with Gasteiger partial charge in [-0.3, -0.25) is 4.79 Å². The number of ketones is 1. The van der Waals surface area contributed by atoms with Crippen molar-refractivity contribution in [3.05, 3.63) is 46.5 Å². The van der Waals surface area contributed by atoms with E-state index in [0.29, 0.717) is 11.1 Å². The van der Waals surface area contributed by atoms with Gasteiger partial charge in [0, 0.05) is 11.1 Å². The van der Waals surface area contributed by atoms with Gasteiger partial charge in [0.1, 0.15) is 70.8 Å². The summed E-state index contributed by atoms with van der Waals surface area (Å²) in [5.74, 6) is -0.674. The number of aliphatic hydroxyl groups is 6. The molecule has 0 amide bonds. The Morgan fingerprint density at radius 3 is 2.31 bits per heavy atom. The second-order valence-electron chi connectivity index (χ2n) is 10.8. The molecule has 230 valence electrons. The van der Waals surface area contributed by atoms with Gasteiger partial charge >= 0.3 is 0 Å². The smallest absolute Gasteiger partial charge is 0.229 e. The zero-order valence-electron chi connectivity index (χ0n) is 22.8. The molecular weight excluding hydrogens is 560 g/mol. The van der Waals surface area contributed by atoms with Crippen LogP contribution in [0.3, 0.4) is 0 Å². The number of fused-ring (bicyclic) bond motifs is 1. The largest absolute Gasteiger partial charge is 0.508 e. The summed E-state index contributed by atoms with van der Waals surface area (Å²) in [7, 11) is 0. The number of benzene rings is 2. The first-order valence-corrected chi connectivity index (χ1v) is 13.3. The number of carbonyl (C=O) groups excluding carboxylic acids is 1. The Morgan fingerprint density at radius 1 is 0.976 bits per heavy atom. The van der Waals surface area contributed by atoms with Gasteiger partial charge in [0.25, 0.3) is 0 Å². The van der Waals surface area contributed by atoms with Gasteiger partial charge in [-0.05, 0) is 31.5 Å². The predicted octanol–water partition coefficient (Wildman–Crippen LogP) is -0.935. The monoisotopic (exact) mass is 594 g/mol. The zero-order chi connectivity index (χ0) is 30.5. The van der Waals surface area contributed by atoms with Crippen LogP contribution in [-0.2, 0) is 14.2 Å². The number of Topliss-reactive ketones (excluding diaryl/α,β-unsaturated/α-hetero) is 1. The van der Waals surface area contributed by atoms with Crippen LogP contribution in [-0.4, -0.2) is 115 Å². The Balaban J connectivity index is 1.37. The van der Waals surface area contributed by atoms with Crippen molar-refractivity contribution < 1.29 is 69.3 Å². The molecule has 42 heavy (non-hydrogen) atoms. The van der Waals surface area contributed by atoms with Crippen LogP contribution in [0.5, 0.6) is 23.0 Å². The number of aromatic hydroxyl groups is 2. The molecule has 0 aromatic heterocycles. The van der Waals surface area contributed by atoms with Gasteiger partial charge in [-0.1, -0.05) is 12.1 Å². The summed E-state index contributed by atoms with van der Waals surface area (Å²) in [6, 6.07) is 6.14. The maximum atomic E-state index is 13.1. The molecule has 3 aliphatic heterocycles. The summed E-state index contributed by atoms with van der Waals surface area (Å²) in [5, 5.41) is 81.9. The molecule has 0 spiro atoms. The number of rotatable bonds is 7. The number of carbonyl (C=O) groups is 1. The lowest BCUT2D eigenvalue weighted by atomic mass is 9.91. The SMILES string of the molecule is Cc1c(O)c2c(c(C)c1O[C@@H]1OC(CO[C@@H]3OCC(O)(CO)[C@@H]3O)[C@@H](O)[C@H](O)C1O)O[C@H](c1ccc(O)cc1)CC2=O. The molecule has 5 rings (SSSR count). The van der Waals surface area contributed by atoms with Gasteiger partial charge in [0.15, 0.2) is 12.1 Å². The van der Waals surface area contributed by atoms with Crippen molar-refractivity contribution in [1.29, 1.82) is 0 Å². The van der Waals surface area contributed by atoms with Crippen LogP contribution < -0.4 is 9.47 Å². The van der Waals surface area contributed by atoms with Crippen LogP contribution in [0, 0.1) is 13.8 Å². The van der Waals surface area contributed by atoms with E-state index in [-0.39, 0.29) is 40.6 Å². The molecule has 2 aromatic rings. The summed E-state index contributed by atoms with van der Waals surface area (Å²) < 4.78 is 28.3. The molecule has 14 heteroatoms. The highest BCUT2D eigenvalue weighted by atomic mass is 16.7. The third-order valence-corrected chi connectivity index (χ3v) is 7.92. The summed E-state index contributed by atoms with van der Waals surface area (Å²) in [4.78, 5) is 13.1. The van der Waals surface area contributed by atoms with Gasteiger partial charge in [-0.2, -0.15) is 0 Å². The molecule has 3 unspecified atom stereocenters. The van der Waals surface area contributed by atoms with E-state index in [9.17, 15) is 45.6 Å². The van der Waals surface area contributed by atoms with Crippen LogP contribution in [0.2, 0.25) is 0 Å². The fourth-order valence-corrected chi connectivity index (χ4v) is 5.28. The third-order valence-electron chi connectivity index (χ3n) is 7.92. The van der Waals surface area contributed by atoms with Gasteiger partial charge in [0.05, 0.1) is 26.2 Å². The first kappa shape index (κ1) is 30.4. The lowest BCUT2D eigenvalue weighted by Gasteiger charge is -2.41. The maximum Gasteiger partial charge on any atom is 0.229 e. The number of phenolic OH excluding ortho intramolecular Hbond substituents is 2. The van der Waals surface area contributed by atoms with E-state index < -0.39 is 80.4 Å². The summed E-state index contributed by atoms with van der Waals surface area (Å²) in [6.07, 6.45) is -11.8. The van der Waals surface area contributed by atoms with Crippen molar-refractivity contribution >= 4 is 5.78 Å². The molecule has 2 saturated heterocycles. The second-order valence-corrected chi connectivity index (χ2v) is 10.8. The quantitative estimate of drug-likeness (QED) is 0.194.